The molecule has 5 heteroatoms. The molecule has 0 heterocycles. The number of methoxy groups -OCH3 is 1. The van der Waals surface area contributed by atoms with Crippen LogP contribution in [-0.4, -0.2) is 32.1 Å². The van der Waals surface area contributed by atoms with E-state index in [2.05, 4.69) is 4.74 Å². The summed E-state index contributed by atoms with van der Waals surface area (Å²) in [4.78, 5) is 23.1. The molecule has 116 valence electrons. The van der Waals surface area contributed by atoms with Crippen LogP contribution in [0.2, 0.25) is 0 Å². The zero-order chi connectivity index (χ0) is 15.7. The SMILES string of the molecule is CCCOc1ccc(C(=O)CC(=O)OC)cc1OCCC. The number of esters is 1. The fourth-order valence-corrected chi connectivity index (χ4v) is 1.64. The summed E-state index contributed by atoms with van der Waals surface area (Å²) in [6, 6.07) is 4.95. The third-order valence-electron chi connectivity index (χ3n) is 2.72. The zero-order valence-corrected chi connectivity index (χ0v) is 12.8. The molecule has 0 radical (unpaired) electrons. The Hall–Kier alpha value is -2.04. The Balaban J connectivity index is 2.91. The molecule has 21 heavy (non-hydrogen) atoms. The van der Waals surface area contributed by atoms with Gasteiger partial charge >= 0.3 is 5.97 Å². The minimum absolute atomic E-state index is 0.279. The molecule has 0 bridgehead atoms. The summed E-state index contributed by atoms with van der Waals surface area (Å²) in [5.74, 6) is 0.286. The van der Waals surface area contributed by atoms with Gasteiger partial charge in [0.05, 0.1) is 20.3 Å². The predicted octanol–water partition coefficient (Wildman–Crippen LogP) is 3.01. The number of ketones is 1. The van der Waals surface area contributed by atoms with E-state index in [-0.39, 0.29) is 12.2 Å². The van der Waals surface area contributed by atoms with Crippen molar-refractivity contribution in [2.45, 2.75) is 33.1 Å². The maximum absolute atomic E-state index is 12.0. The van der Waals surface area contributed by atoms with Crippen LogP contribution in [0.1, 0.15) is 43.5 Å². The molecule has 0 fully saturated rings. The molecule has 0 saturated heterocycles. The molecule has 5 nitrogen and oxygen atoms in total. The second kappa shape index (κ2) is 9.00. The third-order valence-corrected chi connectivity index (χ3v) is 2.72. The summed E-state index contributed by atoms with van der Waals surface area (Å²) >= 11 is 0. The lowest BCUT2D eigenvalue weighted by molar-refractivity contribution is -0.139. The van der Waals surface area contributed by atoms with Crippen molar-refractivity contribution >= 4 is 11.8 Å². The molecular weight excluding hydrogens is 272 g/mol. The van der Waals surface area contributed by atoms with Gasteiger partial charge < -0.3 is 14.2 Å². The molecule has 0 aliphatic rings. The van der Waals surface area contributed by atoms with Crippen LogP contribution in [0, 0.1) is 0 Å². The molecule has 0 N–H and O–H groups in total. The van der Waals surface area contributed by atoms with Crippen molar-refractivity contribution in [3.63, 3.8) is 0 Å². The van der Waals surface area contributed by atoms with Gasteiger partial charge in [-0.25, -0.2) is 0 Å². The summed E-state index contributed by atoms with van der Waals surface area (Å²) in [7, 11) is 1.26. The minimum Gasteiger partial charge on any atom is -0.490 e. The van der Waals surface area contributed by atoms with Gasteiger partial charge in [0.25, 0.3) is 0 Å². The number of hydrogen-bond donors (Lipinski definition) is 0. The Morgan fingerprint density at radius 2 is 1.62 bits per heavy atom. The van der Waals surface area contributed by atoms with E-state index >= 15 is 0 Å². The Labute approximate surface area is 125 Å². The number of hydrogen-bond acceptors (Lipinski definition) is 5. The summed E-state index contributed by atoms with van der Waals surface area (Å²) in [5, 5.41) is 0. The number of benzene rings is 1. The molecule has 0 unspecified atom stereocenters. The Morgan fingerprint density at radius 1 is 1.00 bits per heavy atom. The maximum Gasteiger partial charge on any atom is 0.313 e. The van der Waals surface area contributed by atoms with Gasteiger partial charge in [-0.3, -0.25) is 9.59 Å². The average molecular weight is 294 g/mol. The smallest absolute Gasteiger partial charge is 0.313 e. The second-order valence-electron chi connectivity index (χ2n) is 4.53. The fourth-order valence-electron chi connectivity index (χ4n) is 1.64. The molecule has 0 aromatic heterocycles. The van der Waals surface area contributed by atoms with Crippen molar-refractivity contribution in [3.8, 4) is 11.5 Å². The van der Waals surface area contributed by atoms with E-state index in [9.17, 15) is 9.59 Å². The second-order valence-corrected chi connectivity index (χ2v) is 4.53. The fraction of sp³-hybridized carbons (Fsp3) is 0.500. The van der Waals surface area contributed by atoms with E-state index < -0.39 is 5.97 Å². The van der Waals surface area contributed by atoms with Crippen molar-refractivity contribution in [2.75, 3.05) is 20.3 Å². The lowest BCUT2D eigenvalue weighted by atomic mass is 10.1. The van der Waals surface area contributed by atoms with E-state index in [1.807, 2.05) is 13.8 Å². The van der Waals surface area contributed by atoms with Gasteiger partial charge in [-0.05, 0) is 31.0 Å². The molecule has 0 atom stereocenters. The number of Topliss-reactive ketones (excluding diaryl/α,β-unsaturated/α-hetero) is 1. The molecule has 0 saturated carbocycles. The Morgan fingerprint density at radius 3 is 2.19 bits per heavy atom. The maximum atomic E-state index is 12.0. The molecule has 0 aliphatic carbocycles. The van der Waals surface area contributed by atoms with Crippen LogP contribution in [-0.2, 0) is 9.53 Å². The molecular formula is C16H22O5. The van der Waals surface area contributed by atoms with Crippen molar-refractivity contribution in [3.05, 3.63) is 23.8 Å². The largest absolute Gasteiger partial charge is 0.490 e. The Kier molecular flexibility index (Phi) is 7.29. The summed E-state index contributed by atoms with van der Waals surface area (Å²) in [5.41, 5.74) is 0.412. The highest BCUT2D eigenvalue weighted by Gasteiger charge is 2.15. The van der Waals surface area contributed by atoms with Crippen LogP contribution < -0.4 is 9.47 Å². The van der Waals surface area contributed by atoms with Gasteiger partial charge in [0, 0.05) is 5.56 Å². The van der Waals surface area contributed by atoms with Crippen molar-refractivity contribution in [2.24, 2.45) is 0 Å². The molecule has 1 aromatic carbocycles. The van der Waals surface area contributed by atoms with Crippen LogP contribution in [0.4, 0.5) is 0 Å². The van der Waals surface area contributed by atoms with Crippen LogP contribution in [0.25, 0.3) is 0 Å². The number of rotatable bonds is 9. The van der Waals surface area contributed by atoms with Crippen LogP contribution in [0.15, 0.2) is 18.2 Å². The Bertz CT molecular complexity index is 482. The van der Waals surface area contributed by atoms with Crippen LogP contribution in [0.3, 0.4) is 0 Å². The topological polar surface area (TPSA) is 61.8 Å². The van der Waals surface area contributed by atoms with E-state index in [4.69, 9.17) is 9.47 Å². The van der Waals surface area contributed by atoms with Crippen molar-refractivity contribution in [1.82, 2.24) is 0 Å². The molecule has 0 aliphatic heterocycles. The number of ether oxygens (including phenoxy) is 3. The first-order valence-electron chi connectivity index (χ1n) is 7.12. The lowest BCUT2D eigenvalue weighted by Crippen LogP contribution is -2.10. The van der Waals surface area contributed by atoms with Gasteiger partial charge in [0.2, 0.25) is 0 Å². The normalized spacial score (nSPS) is 10.0. The number of carbonyl (C=O) groups is 2. The van der Waals surface area contributed by atoms with Gasteiger partial charge in [-0.1, -0.05) is 13.8 Å². The zero-order valence-electron chi connectivity index (χ0n) is 12.8. The molecule has 0 amide bonds. The monoisotopic (exact) mass is 294 g/mol. The first-order valence-corrected chi connectivity index (χ1v) is 7.12. The van der Waals surface area contributed by atoms with E-state index in [0.29, 0.717) is 30.3 Å². The summed E-state index contributed by atoms with van der Waals surface area (Å²) < 4.78 is 15.7. The lowest BCUT2D eigenvalue weighted by Gasteiger charge is -2.13. The van der Waals surface area contributed by atoms with Gasteiger partial charge in [0.15, 0.2) is 17.3 Å². The summed E-state index contributed by atoms with van der Waals surface area (Å²) in [6.45, 7) is 5.13. The van der Waals surface area contributed by atoms with Crippen LogP contribution >= 0.6 is 0 Å². The minimum atomic E-state index is -0.553. The van der Waals surface area contributed by atoms with Gasteiger partial charge in [-0.2, -0.15) is 0 Å². The standard InChI is InChI=1S/C16H22O5/c1-4-8-20-14-7-6-12(10-15(14)21-9-5-2)13(17)11-16(18)19-3/h6-7,10H,4-5,8-9,11H2,1-3H3. The highest BCUT2D eigenvalue weighted by molar-refractivity contribution is 6.06. The van der Waals surface area contributed by atoms with Crippen LogP contribution in [0.5, 0.6) is 11.5 Å². The van der Waals surface area contributed by atoms with Crippen molar-refractivity contribution in [1.29, 1.82) is 0 Å². The molecule has 1 aromatic rings. The quantitative estimate of drug-likeness (QED) is 0.398. The summed E-state index contributed by atoms with van der Waals surface area (Å²) in [6.07, 6.45) is 1.46. The first-order chi connectivity index (χ1) is 10.1. The van der Waals surface area contributed by atoms with E-state index in [1.165, 1.54) is 7.11 Å². The first kappa shape index (κ1) is 17.0. The highest BCUT2D eigenvalue weighted by atomic mass is 16.5. The molecule has 0 spiro atoms. The van der Waals surface area contributed by atoms with Gasteiger partial charge in [-0.15, -0.1) is 0 Å². The van der Waals surface area contributed by atoms with Crippen molar-refractivity contribution < 1.29 is 23.8 Å². The highest BCUT2D eigenvalue weighted by Crippen LogP contribution is 2.29. The number of carbonyl (C=O) groups excluding carboxylic acids is 2. The van der Waals surface area contributed by atoms with E-state index in [0.717, 1.165) is 12.8 Å². The third kappa shape index (κ3) is 5.45. The van der Waals surface area contributed by atoms with E-state index in [1.54, 1.807) is 18.2 Å². The molecule has 1 rings (SSSR count). The van der Waals surface area contributed by atoms with Gasteiger partial charge in [0.1, 0.15) is 6.42 Å². The average Bonchev–Trinajstić information content (AvgIpc) is 2.50. The predicted molar refractivity (Wildman–Crippen MR) is 79.0 cm³/mol.